The number of aromatic nitrogens is 1. The van der Waals surface area contributed by atoms with Crippen molar-refractivity contribution >= 4 is 23.2 Å². The molecule has 2 N–H and O–H groups in total. The maximum absolute atomic E-state index is 14.2. The van der Waals surface area contributed by atoms with Crippen molar-refractivity contribution in [3.05, 3.63) is 126 Å². The molecular weight excluding hydrogens is 747 g/mol. The van der Waals surface area contributed by atoms with E-state index in [-0.39, 0.29) is 37.4 Å². The van der Waals surface area contributed by atoms with Gasteiger partial charge in [-0.05, 0) is 118 Å². The molecule has 5 heterocycles. The van der Waals surface area contributed by atoms with Gasteiger partial charge in [-0.25, -0.2) is 0 Å². The molecule has 2 amide bonds. The van der Waals surface area contributed by atoms with Crippen LogP contribution in [0.4, 0.5) is 11.4 Å². The Morgan fingerprint density at radius 2 is 1.41 bits per heavy atom. The van der Waals surface area contributed by atoms with E-state index in [1.165, 1.54) is 18.4 Å². The molecule has 12 nitrogen and oxygen atoms in total. The van der Waals surface area contributed by atoms with Gasteiger partial charge in [-0.15, -0.1) is 0 Å². The van der Waals surface area contributed by atoms with E-state index in [2.05, 4.69) is 32.6 Å². The quantitative estimate of drug-likeness (QED) is 0.128. The van der Waals surface area contributed by atoms with E-state index >= 15 is 0 Å². The van der Waals surface area contributed by atoms with Crippen LogP contribution in [0, 0.1) is 0 Å². The van der Waals surface area contributed by atoms with Crippen LogP contribution in [0.2, 0.25) is 0 Å². The summed E-state index contributed by atoms with van der Waals surface area (Å²) in [6.45, 7) is 5.04. The molecule has 3 fully saturated rings. The standard InChI is InChI=1S/C47H47N5O7/c1-47(46(54)50-36-14-12-31(13-15-36)30-10-11-30)23-34(27-52(47)26-33-6-3-9-42-44(33)58-29-56-42)39-21-20-38(24-48-39)59-37-18-16-35(17-19-37)49-45(53)40-7-4-22-51(40)25-32-5-2-8-41-43(32)57-28-55-41/h2-3,5-6,8-9,12-21,24,30,34,40H,4,7,10-11,22-23,25-29H2,1H3,(H,49,53)(H,50,54)/t34?,40-,47+/m0/s1. The first kappa shape index (κ1) is 37.2. The number of anilines is 2. The van der Waals surface area contributed by atoms with E-state index < -0.39 is 5.54 Å². The number of para-hydroxylation sites is 2. The summed E-state index contributed by atoms with van der Waals surface area (Å²) in [5.74, 6) is 4.77. The Morgan fingerprint density at radius 3 is 2.08 bits per heavy atom. The van der Waals surface area contributed by atoms with E-state index in [4.69, 9.17) is 28.7 Å². The zero-order valence-electron chi connectivity index (χ0n) is 33.0. The van der Waals surface area contributed by atoms with Gasteiger partial charge < -0.3 is 34.3 Å². The van der Waals surface area contributed by atoms with Crippen molar-refractivity contribution in [3.63, 3.8) is 0 Å². The SMILES string of the molecule is C[C@]1(C(=O)Nc2ccc(C3CC3)cc2)CC(c2ccc(Oc3ccc(NC(=O)[C@@H]4CCCN4Cc4cccc5c4OCO5)cc3)cn2)CN1Cc1cccc2c1OCO2. The van der Waals surface area contributed by atoms with Gasteiger partial charge >= 0.3 is 0 Å². The Morgan fingerprint density at radius 1 is 0.746 bits per heavy atom. The molecule has 1 aliphatic carbocycles. The average molecular weight is 794 g/mol. The minimum Gasteiger partial charge on any atom is -0.456 e. The summed E-state index contributed by atoms with van der Waals surface area (Å²) in [5, 5.41) is 6.32. The molecule has 1 aromatic heterocycles. The van der Waals surface area contributed by atoms with Crippen molar-refractivity contribution in [2.45, 2.75) is 75.5 Å². The van der Waals surface area contributed by atoms with Crippen molar-refractivity contribution in [1.82, 2.24) is 14.8 Å². The molecule has 59 heavy (non-hydrogen) atoms. The summed E-state index contributed by atoms with van der Waals surface area (Å²) < 4.78 is 28.9. The number of hydrogen-bond donors (Lipinski definition) is 2. The fourth-order valence-electron chi connectivity index (χ4n) is 8.96. The van der Waals surface area contributed by atoms with Crippen LogP contribution in [0.15, 0.2) is 103 Å². The number of likely N-dealkylation sites (tertiary alicyclic amines) is 2. The molecule has 3 atom stereocenters. The van der Waals surface area contributed by atoms with E-state index in [1.807, 2.05) is 91.9 Å². The number of nitrogens with one attached hydrogen (secondary N) is 2. The Bertz CT molecular complexity index is 2350. The minimum absolute atomic E-state index is 0.000468. The minimum atomic E-state index is -0.821. The monoisotopic (exact) mass is 793 g/mol. The van der Waals surface area contributed by atoms with Crippen LogP contribution >= 0.6 is 0 Å². The Hall–Kier alpha value is -6.11. The second-order valence-corrected chi connectivity index (χ2v) is 16.4. The van der Waals surface area contributed by atoms with Gasteiger partial charge in [0.1, 0.15) is 11.5 Å². The van der Waals surface area contributed by atoms with Crippen LogP contribution < -0.4 is 34.3 Å². The summed E-state index contributed by atoms with van der Waals surface area (Å²) in [7, 11) is 0. The topological polar surface area (TPSA) is 124 Å². The fourth-order valence-corrected chi connectivity index (χ4v) is 8.96. The van der Waals surface area contributed by atoms with Crippen LogP contribution in [0.1, 0.15) is 73.2 Å². The van der Waals surface area contributed by atoms with Gasteiger partial charge in [-0.1, -0.05) is 36.4 Å². The van der Waals surface area contributed by atoms with Crippen LogP contribution in [-0.4, -0.2) is 64.9 Å². The zero-order chi connectivity index (χ0) is 39.9. The molecule has 302 valence electrons. The van der Waals surface area contributed by atoms with Gasteiger partial charge in [0.2, 0.25) is 25.4 Å². The molecule has 5 aliphatic rings. The second kappa shape index (κ2) is 15.6. The molecule has 0 bridgehead atoms. The Labute approximate surface area is 343 Å². The lowest BCUT2D eigenvalue weighted by atomic mass is 9.91. The smallest absolute Gasteiger partial charge is 0.244 e. The van der Waals surface area contributed by atoms with Crippen LogP contribution in [0.25, 0.3) is 0 Å². The molecule has 1 unspecified atom stereocenters. The summed E-state index contributed by atoms with van der Waals surface area (Å²) in [6, 6.07) is 31.1. The van der Waals surface area contributed by atoms with Gasteiger partial charge in [0, 0.05) is 53.7 Å². The third kappa shape index (κ3) is 7.66. The van der Waals surface area contributed by atoms with E-state index in [0.29, 0.717) is 49.2 Å². The fraction of sp³-hybridized carbons (Fsp3) is 0.340. The van der Waals surface area contributed by atoms with E-state index in [1.54, 1.807) is 6.20 Å². The molecule has 2 saturated heterocycles. The van der Waals surface area contributed by atoms with Gasteiger partial charge in [-0.3, -0.25) is 24.4 Å². The van der Waals surface area contributed by atoms with Crippen LogP contribution in [-0.2, 0) is 22.7 Å². The third-order valence-corrected chi connectivity index (χ3v) is 12.4. The second-order valence-electron chi connectivity index (χ2n) is 16.4. The molecule has 1 saturated carbocycles. The van der Waals surface area contributed by atoms with Crippen molar-refractivity contribution < 1.29 is 33.3 Å². The Balaban J connectivity index is 0.788. The largest absolute Gasteiger partial charge is 0.456 e. The molecular formula is C47H47N5O7. The number of carbonyl (C=O) groups excluding carboxylic acids is 2. The van der Waals surface area contributed by atoms with E-state index in [9.17, 15) is 9.59 Å². The lowest BCUT2D eigenvalue weighted by Crippen LogP contribution is -2.50. The zero-order valence-corrected chi connectivity index (χ0v) is 33.0. The van der Waals surface area contributed by atoms with Crippen molar-refractivity contribution in [2.75, 3.05) is 37.3 Å². The van der Waals surface area contributed by atoms with Crippen molar-refractivity contribution in [3.8, 4) is 34.5 Å². The summed E-state index contributed by atoms with van der Waals surface area (Å²) in [4.78, 5) is 36.9. The number of benzene rings is 4. The van der Waals surface area contributed by atoms with E-state index in [0.717, 1.165) is 64.9 Å². The maximum atomic E-state index is 14.2. The predicted octanol–water partition coefficient (Wildman–Crippen LogP) is 8.20. The van der Waals surface area contributed by atoms with Crippen molar-refractivity contribution in [1.29, 1.82) is 0 Å². The number of fused-ring (bicyclic) bond motifs is 2. The summed E-state index contributed by atoms with van der Waals surface area (Å²) in [5.41, 5.74) is 4.90. The third-order valence-electron chi connectivity index (χ3n) is 12.4. The first-order valence-electron chi connectivity index (χ1n) is 20.6. The predicted molar refractivity (Wildman–Crippen MR) is 221 cm³/mol. The molecule has 10 rings (SSSR count). The average Bonchev–Trinajstić information content (AvgIpc) is 3.59. The maximum Gasteiger partial charge on any atom is 0.244 e. The highest BCUT2D eigenvalue weighted by Crippen LogP contribution is 2.44. The number of hydrogen-bond acceptors (Lipinski definition) is 10. The molecule has 5 aromatic rings. The molecule has 0 spiro atoms. The normalized spacial score (nSPS) is 22.1. The Kier molecular flexibility index (Phi) is 9.81. The molecule has 12 heteroatoms. The molecule has 4 aromatic carbocycles. The van der Waals surface area contributed by atoms with Gasteiger partial charge in [-0.2, -0.15) is 0 Å². The number of carbonyl (C=O) groups is 2. The van der Waals surface area contributed by atoms with Crippen molar-refractivity contribution in [2.24, 2.45) is 0 Å². The number of amides is 2. The van der Waals surface area contributed by atoms with Crippen LogP contribution in [0.3, 0.4) is 0 Å². The first-order chi connectivity index (χ1) is 28.9. The van der Waals surface area contributed by atoms with Gasteiger partial charge in [0.25, 0.3) is 0 Å². The highest BCUT2D eigenvalue weighted by Gasteiger charge is 2.48. The molecule has 0 radical (unpaired) electrons. The first-order valence-corrected chi connectivity index (χ1v) is 20.6. The lowest BCUT2D eigenvalue weighted by Gasteiger charge is -2.34. The number of rotatable bonds is 12. The number of nitrogens with zero attached hydrogens (tertiary/aromatic N) is 3. The van der Waals surface area contributed by atoms with Crippen LogP contribution in [0.5, 0.6) is 34.5 Å². The highest BCUT2D eigenvalue weighted by atomic mass is 16.7. The molecule has 4 aliphatic heterocycles. The number of pyridine rings is 1. The lowest BCUT2D eigenvalue weighted by molar-refractivity contribution is -0.126. The van der Waals surface area contributed by atoms with Gasteiger partial charge in [0.15, 0.2) is 23.0 Å². The summed E-state index contributed by atoms with van der Waals surface area (Å²) in [6.07, 6.45) is 6.53. The highest BCUT2D eigenvalue weighted by molar-refractivity contribution is 5.98. The number of ether oxygens (including phenoxy) is 5. The van der Waals surface area contributed by atoms with Gasteiger partial charge in [0.05, 0.1) is 17.8 Å². The summed E-state index contributed by atoms with van der Waals surface area (Å²) >= 11 is 0.